The monoisotopic (exact) mass is 942 g/mol. The Bertz CT molecular complexity index is 6740. The number of alkyl halides is 1. The lowest BCUT2D eigenvalue weighted by molar-refractivity contribution is -0.164. The van der Waals surface area contributed by atoms with E-state index in [4.69, 9.17) is 9.47 Å². The van der Waals surface area contributed by atoms with Gasteiger partial charge in [-0.05, 0) is 313 Å². The van der Waals surface area contributed by atoms with Crippen LogP contribution < -0.4 is 0 Å². The standard InChI is InChI=1S/C66H7BrO4/c1-70-62(68)66(63(69)71-3-2-67)64-58-50-42-32-22-14-6-4-5-8-12-10(6)18-26-20(12)30-24-16(8)17-9(5)13-11-7(4)15(14)23-29-19(11)27-21(13)31-25(17)35-34(24)44-38(30)48-40(26)46(36(42)28(18)22)54(58)56(48)60-52(44)53-45(35)39(31)49-41(27)47-37(29)43(33(23)32)51(50)59(64)55(47)57(49)61(53)65(60,64)66/h2-3H2,1H3. The molecule has 5 aliphatic rings. The molecule has 4 nitrogen and oxygen atoms in total. The van der Waals surface area contributed by atoms with Gasteiger partial charge in [-0.1, -0.05) is 15.9 Å². The number of esters is 2. The van der Waals surface area contributed by atoms with Crippen LogP contribution in [0.1, 0.15) is 22.3 Å². The van der Waals surface area contributed by atoms with Crippen molar-refractivity contribution in [1.29, 1.82) is 0 Å². The highest BCUT2D eigenvalue weighted by Crippen LogP contribution is 2.96. The fraction of sp³-hybridized carbons (Fsp3) is 0.0909. The molecular weight excluding hydrogens is 937 g/mol. The Hall–Kier alpha value is -8.12. The number of hydrogen-bond donors (Lipinski definition) is 0. The third-order valence-electron chi connectivity index (χ3n) is 25.5. The number of rotatable bonds is 4. The van der Waals surface area contributed by atoms with E-state index < -0.39 is 28.2 Å². The van der Waals surface area contributed by atoms with Crippen LogP contribution in [0.25, 0.3) is 291 Å². The minimum atomic E-state index is -1.68. The van der Waals surface area contributed by atoms with E-state index in [9.17, 15) is 0 Å². The lowest BCUT2D eigenvalue weighted by Gasteiger charge is -2.32. The average molecular weight is 944 g/mol. The Morgan fingerprint density at radius 2 is 0.437 bits per heavy atom. The molecular formula is C66H7BrO4. The van der Waals surface area contributed by atoms with Crippen molar-refractivity contribution in [2.75, 3.05) is 19.0 Å². The van der Waals surface area contributed by atoms with Crippen LogP contribution in [0.4, 0.5) is 0 Å². The van der Waals surface area contributed by atoms with E-state index in [2.05, 4.69) is 15.9 Å². The van der Waals surface area contributed by atoms with E-state index in [1.165, 1.54) is 238 Å². The van der Waals surface area contributed by atoms with Crippen molar-refractivity contribution in [3.63, 3.8) is 0 Å². The quantitative estimate of drug-likeness (QED) is 0.0763. The molecule has 28 aromatic rings. The zero-order valence-corrected chi connectivity index (χ0v) is 37.5. The molecule has 0 unspecified atom stereocenters. The molecule has 0 aromatic heterocycles. The number of hydrogen-bond acceptors (Lipinski definition) is 4. The maximum absolute atomic E-state index is 16.6. The molecule has 0 saturated heterocycles. The molecule has 302 valence electrons. The highest BCUT2D eigenvalue weighted by molar-refractivity contribution is 9.09. The summed E-state index contributed by atoms with van der Waals surface area (Å²) in [5, 5.41) is 80.5. The van der Waals surface area contributed by atoms with E-state index in [0.29, 0.717) is 5.33 Å². The lowest BCUT2D eigenvalue weighted by Crippen LogP contribution is -2.38. The van der Waals surface area contributed by atoms with Crippen LogP contribution in [0.3, 0.4) is 0 Å². The van der Waals surface area contributed by atoms with Gasteiger partial charge in [-0.2, -0.15) is 0 Å². The van der Waals surface area contributed by atoms with Crippen molar-refractivity contribution >= 4 is 319 Å². The number of ether oxygens (including phenoxy) is 2. The van der Waals surface area contributed by atoms with Gasteiger partial charge in [0.25, 0.3) is 0 Å². The summed E-state index contributed by atoms with van der Waals surface area (Å²) in [6, 6.07) is 0. The highest BCUT2D eigenvalue weighted by atomic mass is 79.9. The molecule has 0 heterocycles. The second-order valence-electron chi connectivity index (χ2n) is 25.3. The second-order valence-corrected chi connectivity index (χ2v) is 26.1. The molecule has 1 fully saturated rings. The summed E-state index contributed by atoms with van der Waals surface area (Å²) in [6.45, 7) is 0.183. The minimum Gasteiger partial charge on any atom is -0.468 e. The molecule has 28 aromatic carbocycles. The maximum atomic E-state index is 16.6. The molecule has 33 rings (SSSR count). The van der Waals surface area contributed by atoms with Gasteiger partial charge >= 0.3 is 11.9 Å². The van der Waals surface area contributed by atoms with Crippen molar-refractivity contribution in [3.8, 4) is 0 Å². The van der Waals surface area contributed by atoms with Crippen LogP contribution in [0, 0.1) is 5.41 Å². The first-order valence-electron chi connectivity index (χ1n) is 25.8. The number of methoxy groups -OCH3 is 1. The van der Waals surface area contributed by atoms with E-state index in [-0.39, 0.29) is 6.61 Å². The predicted molar refractivity (Wildman–Crippen MR) is 293 cm³/mol. The predicted octanol–water partition coefficient (Wildman–Crippen LogP) is 16.4. The zero-order chi connectivity index (χ0) is 43.0. The number of carbonyl (C=O) groups excluding carboxylic acids is 2. The number of halogens is 1. The van der Waals surface area contributed by atoms with Crippen LogP contribution in [0.15, 0.2) is 0 Å². The molecule has 71 heavy (non-hydrogen) atoms. The van der Waals surface area contributed by atoms with Gasteiger partial charge in [0.2, 0.25) is 0 Å². The van der Waals surface area contributed by atoms with Gasteiger partial charge in [0.15, 0.2) is 5.41 Å². The smallest absolute Gasteiger partial charge is 0.326 e. The van der Waals surface area contributed by atoms with Gasteiger partial charge in [-0.25, -0.2) is 0 Å². The van der Waals surface area contributed by atoms with Crippen molar-refractivity contribution in [1.82, 2.24) is 0 Å². The molecule has 0 N–H and O–H groups in total. The average Bonchev–Trinajstić information content (AvgIpc) is 4.13. The van der Waals surface area contributed by atoms with E-state index in [1.54, 1.807) is 82.5 Å². The Kier molecular flexibility index (Phi) is 2.35. The molecule has 0 bridgehead atoms. The van der Waals surface area contributed by atoms with E-state index >= 15 is 9.59 Å². The third kappa shape index (κ3) is 1.39. The summed E-state index contributed by atoms with van der Waals surface area (Å²) in [7, 11) is 1.55. The summed E-state index contributed by atoms with van der Waals surface area (Å²) in [5.74, 6) is -0.828. The van der Waals surface area contributed by atoms with Gasteiger partial charge in [0.1, 0.15) is 6.61 Å². The number of benzene rings is 18. The third-order valence-corrected chi connectivity index (χ3v) is 25.8. The Labute approximate surface area is 393 Å². The first-order chi connectivity index (χ1) is 35.2. The lowest BCUT2D eigenvalue weighted by atomic mass is 9.68. The summed E-state index contributed by atoms with van der Waals surface area (Å²) in [5.41, 5.74) is 1.30. The van der Waals surface area contributed by atoms with Crippen LogP contribution in [-0.4, -0.2) is 31.0 Å². The van der Waals surface area contributed by atoms with Gasteiger partial charge < -0.3 is 9.47 Å². The van der Waals surface area contributed by atoms with Crippen molar-refractivity contribution < 1.29 is 19.1 Å². The van der Waals surface area contributed by atoms with Crippen LogP contribution in [0.5, 0.6) is 0 Å². The Morgan fingerprint density at radius 1 is 0.282 bits per heavy atom. The van der Waals surface area contributed by atoms with Gasteiger partial charge in [0, 0.05) is 5.33 Å². The summed E-state index contributed by atoms with van der Waals surface area (Å²) < 4.78 is 13.1. The van der Waals surface area contributed by atoms with Crippen molar-refractivity contribution in [3.05, 3.63) is 22.3 Å². The van der Waals surface area contributed by atoms with Crippen molar-refractivity contribution in [2.45, 2.75) is 10.8 Å². The molecule has 0 atom stereocenters. The fourth-order valence-electron chi connectivity index (χ4n) is 25.7. The largest absolute Gasteiger partial charge is 0.468 e. The van der Waals surface area contributed by atoms with Gasteiger partial charge in [-0.15, -0.1) is 0 Å². The van der Waals surface area contributed by atoms with Crippen LogP contribution in [0.2, 0.25) is 0 Å². The first kappa shape index (κ1) is 27.3. The topological polar surface area (TPSA) is 52.6 Å². The van der Waals surface area contributed by atoms with E-state index in [1.807, 2.05) is 0 Å². The molecule has 5 aliphatic carbocycles. The summed E-state index contributed by atoms with van der Waals surface area (Å²) in [6.07, 6.45) is 0. The fourth-order valence-corrected chi connectivity index (χ4v) is 25.8. The van der Waals surface area contributed by atoms with E-state index in [0.717, 1.165) is 0 Å². The maximum Gasteiger partial charge on any atom is 0.326 e. The molecule has 0 amide bonds. The molecule has 0 radical (unpaired) electrons. The highest BCUT2D eigenvalue weighted by Gasteiger charge is 3.01. The Morgan fingerprint density at radius 3 is 0.577 bits per heavy atom. The summed E-state index contributed by atoms with van der Waals surface area (Å²) in [4.78, 5) is 33.1. The second kappa shape index (κ2) is 6.10. The summed E-state index contributed by atoms with van der Waals surface area (Å²) >= 11 is 3.67. The molecule has 5 heteroatoms. The zero-order valence-electron chi connectivity index (χ0n) is 35.9. The van der Waals surface area contributed by atoms with Crippen molar-refractivity contribution in [2.24, 2.45) is 5.41 Å². The SMILES string of the molecule is COC(=O)C1(C(=O)OCCBr)C23c4c5c6c7c8c9c(c%10c%11c2c2c4c4c%12c5c5c6c6c8c8c%13c9c9c%10c%10c%11c%11c2c2c4c4c%12c%12c5c5c6c8c6c8c%13c9c9c%10c%10c%11c2c2c4c4c%12c5c6c5c8c9c%10c2c45)C713. The van der Waals surface area contributed by atoms with Crippen LogP contribution >= 0.6 is 15.9 Å². The van der Waals surface area contributed by atoms with Crippen LogP contribution in [-0.2, 0) is 29.9 Å². The minimum absolute atomic E-state index is 0.183. The number of carbonyl (C=O) groups is 2. The molecule has 1 saturated carbocycles. The Balaban J connectivity index is 1.18. The molecule has 0 aliphatic heterocycles. The normalized spacial score (nSPS) is 24.0. The van der Waals surface area contributed by atoms with Gasteiger partial charge in [-0.3, -0.25) is 9.59 Å². The molecule has 2 spiro atoms. The first-order valence-corrected chi connectivity index (χ1v) is 26.9. The van der Waals surface area contributed by atoms with Gasteiger partial charge in [0.05, 0.1) is 17.9 Å².